The van der Waals surface area contributed by atoms with Crippen molar-refractivity contribution in [1.29, 1.82) is 0 Å². The van der Waals surface area contributed by atoms with E-state index >= 15 is 0 Å². The summed E-state index contributed by atoms with van der Waals surface area (Å²) in [6.07, 6.45) is 3.00. The second-order valence-corrected chi connectivity index (χ2v) is 6.72. The van der Waals surface area contributed by atoms with Crippen molar-refractivity contribution in [3.8, 4) is 0 Å². The Morgan fingerprint density at radius 2 is 1.81 bits per heavy atom. The molecular formula is C15H28O. The third-order valence-corrected chi connectivity index (χ3v) is 6.24. The Morgan fingerprint density at radius 1 is 1.31 bits per heavy atom. The topological polar surface area (TPSA) is 17.1 Å². The van der Waals surface area contributed by atoms with E-state index in [0.717, 1.165) is 19.3 Å². The van der Waals surface area contributed by atoms with Gasteiger partial charge in [0.2, 0.25) is 0 Å². The van der Waals surface area contributed by atoms with Crippen LogP contribution in [0.25, 0.3) is 0 Å². The molecule has 0 radical (unpaired) electrons. The Labute approximate surface area is 101 Å². The van der Waals surface area contributed by atoms with E-state index in [4.69, 9.17) is 0 Å². The van der Waals surface area contributed by atoms with Crippen LogP contribution in [0, 0.1) is 22.2 Å². The molecule has 0 N–H and O–H groups in total. The molecule has 16 heavy (non-hydrogen) atoms. The van der Waals surface area contributed by atoms with E-state index in [0.29, 0.717) is 5.78 Å². The molecule has 94 valence electrons. The van der Waals surface area contributed by atoms with Crippen LogP contribution in [0.5, 0.6) is 0 Å². The van der Waals surface area contributed by atoms with Crippen molar-refractivity contribution in [3.05, 3.63) is 0 Å². The summed E-state index contributed by atoms with van der Waals surface area (Å²) in [6.45, 7) is 15.9. The molecule has 0 bridgehead atoms. The summed E-state index contributed by atoms with van der Waals surface area (Å²) in [4.78, 5) is 12.1. The molecule has 0 aromatic rings. The first-order valence-corrected chi connectivity index (χ1v) is 6.69. The maximum Gasteiger partial charge on any atom is 0.136 e. The molecule has 0 aromatic heterocycles. The van der Waals surface area contributed by atoms with Crippen LogP contribution in [0.4, 0.5) is 0 Å². The number of hydrogen-bond donors (Lipinski definition) is 0. The van der Waals surface area contributed by atoms with Gasteiger partial charge in [-0.1, -0.05) is 54.9 Å². The van der Waals surface area contributed by atoms with Crippen LogP contribution in [0.3, 0.4) is 0 Å². The Balaban J connectivity index is 3.31. The maximum atomic E-state index is 12.1. The largest absolute Gasteiger partial charge is 0.299 e. The Kier molecular flexibility index (Phi) is 3.31. The lowest BCUT2D eigenvalue weighted by atomic mass is 9.51. The minimum absolute atomic E-state index is 0.126. The highest BCUT2D eigenvalue weighted by Crippen LogP contribution is 2.64. The normalized spacial score (nSPS) is 40.4. The third-order valence-electron chi connectivity index (χ3n) is 6.24. The number of Topliss-reactive ketones (excluding diaryl/α,β-unsaturated/α-hetero) is 1. The van der Waals surface area contributed by atoms with Gasteiger partial charge >= 0.3 is 0 Å². The second kappa shape index (κ2) is 3.85. The Morgan fingerprint density at radius 3 is 2.19 bits per heavy atom. The van der Waals surface area contributed by atoms with Crippen LogP contribution in [0.1, 0.15) is 67.7 Å². The van der Waals surface area contributed by atoms with E-state index in [2.05, 4.69) is 48.5 Å². The molecular weight excluding hydrogens is 196 g/mol. The van der Waals surface area contributed by atoms with Crippen LogP contribution >= 0.6 is 0 Å². The van der Waals surface area contributed by atoms with E-state index in [1.54, 1.807) is 0 Å². The highest BCUT2D eigenvalue weighted by Gasteiger charge is 2.61. The summed E-state index contributed by atoms with van der Waals surface area (Å²) in [5.41, 5.74) is 0.521. The molecule has 1 nitrogen and oxygen atoms in total. The minimum atomic E-state index is 0.126. The molecule has 0 heterocycles. The second-order valence-electron chi connectivity index (χ2n) is 6.72. The first kappa shape index (κ1) is 13.7. The third kappa shape index (κ3) is 1.47. The van der Waals surface area contributed by atoms with Gasteiger partial charge in [-0.25, -0.2) is 0 Å². The summed E-state index contributed by atoms with van der Waals surface area (Å²) in [5.74, 6) is 0.667. The lowest BCUT2D eigenvalue weighted by Crippen LogP contribution is -2.47. The van der Waals surface area contributed by atoms with Crippen molar-refractivity contribution < 1.29 is 4.79 Å². The van der Waals surface area contributed by atoms with Gasteiger partial charge in [0.1, 0.15) is 5.78 Å². The molecule has 1 saturated carbocycles. The standard InChI is InChI=1S/C15H28O/c1-8-13(4,5)15(7)11(3)12(16)10-14(15,6)9-2/h11H,8-10H2,1-7H3/t11?,14-,15-/m0/s1. The quantitative estimate of drug-likeness (QED) is 0.692. The first-order chi connectivity index (χ1) is 7.16. The molecule has 1 unspecified atom stereocenters. The summed E-state index contributed by atoms with van der Waals surface area (Å²) in [7, 11) is 0. The van der Waals surface area contributed by atoms with E-state index in [9.17, 15) is 4.79 Å². The molecule has 0 aromatic carbocycles. The lowest BCUT2D eigenvalue weighted by molar-refractivity contribution is -0.123. The molecule has 0 saturated heterocycles. The van der Waals surface area contributed by atoms with Crippen molar-refractivity contribution in [1.82, 2.24) is 0 Å². The molecule has 1 aliphatic carbocycles. The maximum absolute atomic E-state index is 12.1. The summed E-state index contributed by atoms with van der Waals surface area (Å²) in [6, 6.07) is 0. The van der Waals surface area contributed by atoms with Crippen LogP contribution in [0.15, 0.2) is 0 Å². The Bertz CT molecular complexity index is 292. The molecule has 3 atom stereocenters. The average molecular weight is 224 g/mol. The van der Waals surface area contributed by atoms with Crippen LogP contribution < -0.4 is 0 Å². The van der Waals surface area contributed by atoms with E-state index in [1.165, 1.54) is 0 Å². The van der Waals surface area contributed by atoms with Crippen LogP contribution in [-0.2, 0) is 4.79 Å². The number of rotatable bonds is 3. The number of ketones is 1. The molecule has 0 spiro atoms. The van der Waals surface area contributed by atoms with Crippen molar-refractivity contribution in [2.75, 3.05) is 0 Å². The zero-order valence-corrected chi connectivity index (χ0v) is 12.1. The Hall–Kier alpha value is -0.330. The van der Waals surface area contributed by atoms with E-state index in [1.807, 2.05) is 0 Å². The monoisotopic (exact) mass is 224 g/mol. The van der Waals surface area contributed by atoms with Gasteiger partial charge in [-0.3, -0.25) is 4.79 Å². The van der Waals surface area contributed by atoms with Crippen LogP contribution in [0.2, 0.25) is 0 Å². The predicted octanol–water partition coefficient (Wildman–Crippen LogP) is 4.45. The van der Waals surface area contributed by atoms with Crippen molar-refractivity contribution >= 4 is 5.78 Å². The van der Waals surface area contributed by atoms with Crippen molar-refractivity contribution in [2.45, 2.75) is 67.7 Å². The highest BCUT2D eigenvalue weighted by atomic mass is 16.1. The molecule has 0 amide bonds. The molecule has 0 aliphatic heterocycles. The summed E-state index contributed by atoms with van der Waals surface area (Å²) >= 11 is 0. The van der Waals surface area contributed by atoms with Gasteiger partial charge < -0.3 is 0 Å². The van der Waals surface area contributed by atoms with Gasteiger partial charge in [0.05, 0.1) is 0 Å². The van der Waals surface area contributed by atoms with Gasteiger partial charge in [0.25, 0.3) is 0 Å². The van der Waals surface area contributed by atoms with E-state index in [-0.39, 0.29) is 22.2 Å². The molecule has 1 aliphatic rings. The summed E-state index contributed by atoms with van der Waals surface area (Å²) in [5, 5.41) is 0. The summed E-state index contributed by atoms with van der Waals surface area (Å²) < 4.78 is 0. The molecule has 1 heteroatoms. The number of hydrogen-bond acceptors (Lipinski definition) is 1. The fourth-order valence-electron chi connectivity index (χ4n) is 3.83. The average Bonchev–Trinajstić information content (AvgIpc) is 2.42. The lowest BCUT2D eigenvalue weighted by Gasteiger charge is -2.53. The molecule has 1 fully saturated rings. The zero-order valence-electron chi connectivity index (χ0n) is 12.1. The van der Waals surface area contributed by atoms with Gasteiger partial charge in [0, 0.05) is 12.3 Å². The minimum Gasteiger partial charge on any atom is -0.299 e. The zero-order chi connectivity index (χ0) is 12.8. The SMILES string of the molecule is CCC(C)(C)[C@]1(C)C(C)C(=O)C[C@]1(C)CC. The molecule has 1 rings (SSSR count). The van der Waals surface area contributed by atoms with Crippen molar-refractivity contribution in [3.63, 3.8) is 0 Å². The van der Waals surface area contributed by atoms with Gasteiger partial charge in [-0.05, 0) is 22.7 Å². The van der Waals surface area contributed by atoms with Crippen LogP contribution in [-0.4, -0.2) is 5.78 Å². The predicted molar refractivity (Wildman–Crippen MR) is 69.4 cm³/mol. The smallest absolute Gasteiger partial charge is 0.136 e. The van der Waals surface area contributed by atoms with Gasteiger partial charge in [-0.2, -0.15) is 0 Å². The number of carbonyl (C=O) groups excluding carboxylic acids is 1. The highest BCUT2D eigenvalue weighted by molar-refractivity contribution is 5.85. The fraction of sp³-hybridized carbons (Fsp3) is 0.933. The van der Waals surface area contributed by atoms with Gasteiger partial charge in [0.15, 0.2) is 0 Å². The van der Waals surface area contributed by atoms with Crippen molar-refractivity contribution in [2.24, 2.45) is 22.2 Å². The number of carbonyl (C=O) groups is 1. The van der Waals surface area contributed by atoms with Gasteiger partial charge in [-0.15, -0.1) is 0 Å². The fourth-order valence-corrected chi connectivity index (χ4v) is 3.83. The van der Waals surface area contributed by atoms with E-state index < -0.39 is 0 Å². The first-order valence-electron chi connectivity index (χ1n) is 6.69.